The van der Waals surface area contributed by atoms with Crippen LogP contribution in [0.2, 0.25) is 0 Å². The fraction of sp³-hybridized carbons (Fsp3) is 0.250. The van der Waals surface area contributed by atoms with E-state index < -0.39 is 17.9 Å². The summed E-state index contributed by atoms with van der Waals surface area (Å²) in [6, 6.07) is 14.4. The topological polar surface area (TPSA) is 86.7 Å². The van der Waals surface area contributed by atoms with Crippen LogP contribution in [0.5, 0.6) is 0 Å². The highest BCUT2D eigenvalue weighted by molar-refractivity contribution is 6.07. The highest BCUT2D eigenvalue weighted by atomic mass is 16.4. The van der Waals surface area contributed by atoms with Gasteiger partial charge >= 0.3 is 5.97 Å². The SMILES string of the molecule is CC(C)C(NC(=O)c1cccc(C(=O)N(C)c2ccccc2)c1)C(=O)O. The van der Waals surface area contributed by atoms with Crippen LogP contribution < -0.4 is 10.2 Å². The number of nitrogens with zero attached hydrogens (tertiary/aromatic N) is 1. The number of rotatable bonds is 6. The fourth-order valence-corrected chi connectivity index (χ4v) is 2.49. The lowest BCUT2D eigenvalue weighted by Crippen LogP contribution is -2.44. The number of carbonyl (C=O) groups excluding carboxylic acids is 2. The number of amides is 2. The molecule has 2 rings (SSSR count). The minimum absolute atomic E-state index is 0.240. The Morgan fingerprint density at radius 3 is 2.15 bits per heavy atom. The van der Waals surface area contributed by atoms with Crippen LogP contribution in [-0.2, 0) is 4.79 Å². The minimum atomic E-state index is -1.09. The van der Waals surface area contributed by atoms with Crippen molar-refractivity contribution < 1.29 is 19.5 Å². The quantitative estimate of drug-likeness (QED) is 0.835. The van der Waals surface area contributed by atoms with Gasteiger partial charge in [-0.15, -0.1) is 0 Å². The summed E-state index contributed by atoms with van der Waals surface area (Å²) in [5.41, 5.74) is 1.32. The van der Waals surface area contributed by atoms with E-state index >= 15 is 0 Å². The van der Waals surface area contributed by atoms with Crippen molar-refractivity contribution in [2.75, 3.05) is 11.9 Å². The van der Waals surface area contributed by atoms with Gasteiger partial charge in [0.1, 0.15) is 6.04 Å². The van der Waals surface area contributed by atoms with Crippen molar-refractivity contribution in [3.05, 3.63) is 65.7 Å². The highest BCUT2D eigenvalue weighted by Gasteiger charge is 2.24. The summed E-state index contributed by atoms with van der Waals surface area (Å²) in [6.07, 6.45) is 0. The third-order valence-electron chi connectivity index (χ3n) is 4.04. The van der Waals surface area contributed by atoms with E-state index in [0.29, 0.717) is 5.56 Å². The van der Waals surface area contributed by atoms with E-state index in [4.69, 9.17) is 0 Å². The van der Waals surface area contributed by atoms with Gasteiger partial charge in [-0.2, -0.15) is 0 Å². The maximum absolute atomic E-state index is 12.7. The van der Waals surface area contributed by atoms with Gasteiger partial charge in [-0.3, -0.25) is 9.59 Å². The summed E-state index contributed by atoms with van der Waals surface area (Å²) in [5, 5.41) is 11.7. The van der Waals surface area contributed by atoms with Gasteiger partial charge in [0.25, 0.3) is 11.8 Å². The molecule has 0 aromatic heterocycles. The van der Waals surface area contributed by atoms with Gasteiger partial charge in [0.15, 0.2) is 0 Å². The van der Waals surface area contributed by atoms with Gasteiger partial charge in [0.05, 0.1) is 0 Å². The van der Waals surface area contributed by atoms with Crippen LogP contribution in [0.4, 0.5) is 5.69 Å². The zero-order chi connectivity index (χ0) is 19.3. The van der Waals surface area contributed by atoms with Crippen LogP contribution in [0.1, 0.15) is 34.6 Å². The summed E-state index contributed by atoms with van der Waals surface area (Å²) >= 11 is 0. The number of carboxylic acids is 1. The van der Waals surface area contributed by atoms with Crippen LogP contribution in [0, 0.1) is 5.92 Å². The molecule has 0 bridgehead atoms. The summed E-state index contributed by atoms with van der Waals surface area (Å²) in [5.74, 6) is -2.14. The molecule has 2 N–H and O–H groups in total. The Labute approximate surface area is 152 Å². The molecule has 0 heterocycles. The van der Waals surface area contributed by atoms with Crippen LogP contribution in [-0.4, -0.2) is 36.0 Å². The number of hydrogen-bond donors (Lipinski definition) is 2. The van der Waals surface area contributed by atoms with Gasteiger partial charge in [0, 0.05) is 23.9 Å². The molecule has 136 valence electrons. The largest absolute Gasteiger partial charge is 0.480 e. The maximum Gasteiger partial charge on any atom is 0.326 e. The first-order valence-corrected chi connectivity index (χ1v) is 8.28. The highest BCUT2D eigenvalue weighted by Crippen LogP contribution is 2.16. The molecule has 0 saturated heterocycles. The Bertz CT molecular complexity index is 802. The van der Waals surface area contributed by atoms with Crippen molar-refractivity contribution in [1.29, 1.82) is 0 Å². The normalized spacial score (nSPS) is 11.7. The monoisotopic (exact) mass is 354 g/mol. The van der Waals surface area contributed by atoms with Gasteiger partial charge in [-0.05, 0) is 36.2 Å². The number of anilines is 1. The van der Waals surface area contributed by atoms with Gasteiger partial charge in [-0.25, -0.2) is 4.79 Å². The summed E-state index contributed by atoms with van der Waals surface area (Å²) in [7, 11) is 1.66. The lowest BCUT2D eigenvalue weighted by molar-refractivity contribution is -0.140. The molecule has 0 radical (unpaired) electrons. The molecule has 1 unspecified atom stereocenters. The zero-order valence-corrected chi connectivity index (χ0v) is 15.0. The first-order chi connectivity index (χ1) is 12.3. The van der Waals surface area contributed by atoms with Crippen molar-refractivity contribution in [3.8, 4) is 0 Å². The molecule has 2 aromatic rings. The number of aliphatic carboxylic acids is 1. The average molecular weight is 354 g/mol. The number of hydrogen-bond acceptors (Lipinski definition) is 3. The van der Waals surface area contributed by atoms with Crippen molar-refractivity contribution in [3.63, 3.8) is 0 Å². The third kappa shape index (κ3) is 4.47. The van der Waals surface area contributed by atoms with Crippen molar-refractivity contribution >= 4 is 23.5 Å². The fourth-order valence-electron chi connectivity index (χ4n) is 2.49. The number of carbonyl (C=O) groups is 3. The molecule has 6 nitrogen and oxygen atoms in total. The lowest BCUT2D eigenvalue weighted by Gasteiger charge is -2.19. The lowest BCUT2D eigenvalue weighted by atomic mass is 10.0. The minimum Gasteiger partial charge on any atom is -0.480 e. The molecular formula is C20H22N2O4. The second-order valence-corrected chi connectivity index (χ2v) is 6.31. The molecular weight excluding hydrogens is 332 g/mol. The molecule has 2 amide bonds. The van der Waals surface area contributed by atoms with Crippen LogP contribution in [0.15, 0.2) is 54.6 Å². The second kappa shape index (κ2) is 8.29. The van der Waals surface area contributed by atoms with Gasteiger partial charge < -0.3 is 15.3 Å². The predicted octanol–water partition coefficient (Wildman–Crippen LogP) is 2.80. The molecule has 0 aliphatic heterocycles. The zero-order valence-electron chi connectivity index (χ0n) is 15.0. The number of para-hydroxylation sites is 1. The van der Waals surface area contributed by atoms with Crippen molar-refractivity contribution in [2.45, 2.75) is 19.9 Å². The summed E-state index contributed by atoms with van der Waals surface area (Å²) in [6.45, 7) is 3.43. The van der Waals surface area contributed by atoms with E-state index in [0.717, 1.165) is 5.69 Å². The van der Waals surface area contributed by atoms with E-state index in [1.807, 2.05) is 30.3 Å². The van der Waals surface area contributed by atoms with Gasteiger partial charge in [-0.1, -0.05) is 38.1 Å². The van der Waals surface area contributed by atoms with Gasteiger partial charge in [0.2, 0.25) is 0 Å². The van der Waals surface area contributed by atoms with Crippen LogP contribution in [0.3, 0.4) is 0 Å². The number of carboxylic acid groups (broad SMARTS) is 1. The van der Waals surface area contributed by atoms with E-state index in [9.17, 15) is 19.5 Å². The van der Waals surface area contributed by atoms with Crippen molar-refractivity contribution in [1.82, 2.24) is 5.32 Å². The predicted molar refractivity (Wildman–Crippen MR) is 99.3 cm³/mol. The summed E-state index contributed by atoms with van der Waals surface area (Å²) < 4.78 is 0. The maximum atomic E-state index is 12.7. The number of nitrogens with one attached hydrogen (secondary N) is 1. The van der Waals surface area contributed by atoms with Crippen LogP contribution in [0.25, 0.3) is 0 Å². The smallest absolute Gasteiger partial charge is 0.326 e. The number of benzene rings is 2. The Kier molecular flexibility index (Phi) is 6.11. The molecule has 2 aromatic carbocycles. The van der Waals surface area contributed by atoms with E-state index in [1.165, 1.54) is 11.0 Å². The van der Waals surface area contributed by atoms with E-state index in [-0.39, 0.29) is 17.4 Å². The molecule has 0 aliphatic carbocycles. The molecule has 6 heteroatoms. The summed E-state index contributed by atoms with van der Waals surface area (Å²) in [4.78, 5) is 37.8. The molecule has 0 spiro atoms. The van der Waals surface area contributed by atoms with Crippen LogP contribution >= 0.6 is 0 Å². The molecule has 1 atom stereocenters. The van der Waals surface area contributed by atoms with E-state index in [1.54, 1.807) is 39.1 Å². The molecule has 26 heavy (non-hydrogen) atoms. The standard InChI is InChI=1S/C20H22N2O4/c1-13(2)17(20(25)26)21-18(23)14-8-7-9-15(12-14)19(24)22(3)16-10-5-4-6-11-16/h4-13,17H,1-3H3,(H,21,23)(H,25,26). The Morgan fingerprint density at radius 1 is 0.962 bits per heavy atom. The van der Waals surface area contributed by atoms with E-state index in [2.05, 4.69) is 5.32 Å². The first kappa shape index (κ1) is 19.2. The van der Waals surface area contributed by atoms with Crippen molar-refractivity contribution in [2.24, 2.45) is 5.92 Å². The first-order valence-electron chi connectivity index (χ1n) is 8.28. The third-order valence-corrected chi connectivity index (χ3v) is 4.04. The molecule has 0 fully saturated rings. The molecule has 0 saturated carbocycles. The Morgan fingerprint density at radius 2 is 1.58 bits per heavy atom. The second-order valence-electron chi connectivity index (χ2n) is 6.31. The Balaban J connectivity index is 2.20. The average Bonchev–Trinajstić information content (AvgIpc) is 2.65. The molecule has 0 aliphatic rings. The Hall–Kier alpha value is -3.15.